The van der Waals surface area contributed by atoms with E-state index in [4.69, 9.17) is 4.74 Å². The van der Waals surface area contributed by atoms with Crippen LogP contribution in [0.2, 0.25) is 0 Å². The van der Waals surface area contributed by atoms with Crippen LogP contribution in [0.3, 0.4) is 0 Å². The Bertz CT molecular complexity index is 1230. The zero-order valence-corrected chi connectivity index (χ0v) is 18.0. The topological polar surface area (TPSA) is 110 Å². The number of aryl methyl sites for hydroxylation is 1. The van der Waals surface area contributed by atoms with Crippen LogP contribution in [-0.2, 0) is 4.79 Å². The van der Waals surface area contributed by atoms with Crippen LogP contribution in [0, 0.1) is 35.3 Å². The number of carbonyl (C=O) groups excluding carboxylic acids is 1. The van der Waals surface area contributed by atoms with Gasteiger partial charge in [-0.3, -0.25) is 14.9 Å². The maximum absolute atomic E-state index is 12.6. The van der Waals surface area contributed by atoms with Crippen molar-refractivity contribution in [2.45, 2.75) is 20.8 Å². The van der Waals surface area contributed by atoms with Crippen molar-refractivity contribution >= 4 is 23.4 Å². The summed E-state index contributed by atoms with van der Waals surface area (Å²) in [4.78, 5) is 23.3. The van der Waals surface area contributed by atoms with E-state index < -0.39 is 10.8 Å². The summed E-state index contributed by atoms with van der Waals surface area (Å²) in [5.74, 6) is 0.159. The Morgan fingerprint density at radius 2 is 1.94 bits per heavy atom. The molecule has 0 fully saturated rings. The second kappa shape index (κ2) is 9.62. The highest BCUT2D eigenvalue weighted by molar-refractivity contribution is 6.09. The number of nitrogens with one attached hydrogen (secondary N) is 1. The van der Waals surface area contributed by atoms with E-state index in [2.05, 4.69) is 5.32 Å². The van der Waals surface area contributed by atoms with Crippen LogP contribution >= 0.6 is 0 Å². The highest BCUT2D eigenvalue weighted by atomic mass is 16.6. The lowest BCUT2D eigenvalue weighted by molar-refractivity contribution is -0.384. The molecule has 3 aromatic rings. The average molecular weight is 430 g/mol. The minimum absolute atomic E-state index is 0.0143. The molecule has 0 spiro atoms. The second-order valence-electron chi connectivity index (χ2n) is 7.02. The van der Waals surface area contributed by atoms with Gasteiger partial charge in [0.25, 0.3) is 11.6 Å². The number of benzene rings is 2. The lowest BCUT2D eigenvalue weighted by Gasteiger charge is -2.09. The van der Waals surface area contributed by atoms with Crippen molar-refractivity contribution in [3.05, 3.63) is 87.2 Å². The summed E-state index contributed by atoms with van der Waals surface area (Å²) in [5.41, 5.74) is 3.35. The largest absolute Gasteiger partial charge is 0.494 e. The van der Waals surface area contributed by atoms with Crippen LogP contribution in [0.5, 0.6) is 5.75 Å². The van der Waals surface area contributed by atoms with Crippen molar-refractivity contribution in [3.63, 3.8) is 0 Å². The molecule has 3 rings (SSSR count). The first-order chi connectivity index (χ1) is 15.3. The van der Waals surface area contributed by atoms with Crippen molar-refractivity contribution < 1.29 is 14.5 Å². The molecule has 1 amide bonds. The van der Waals surface area contributed by atoms with Gasteiger partial charge in [-0.05, 0) is 68.8 Å². The van der Waals surface area contributed by atoms with Crippen LogP contribution in [0.25, 0.3) is 11.8 Å². The van der Waals surface area contributed by atoms with Crippen molar-refractivity contribution in [2.75, 3.05) is 11.9 Å². The van der Waals surface area contributed by atoms with Crippen LogP contribution < -0.4 is 10.1 Å². The monoisotopic (exact) mass is 430 g/mol. The standard InChI is InChI=1S/C24H22N4O4/c1-4-32-23-10-8-20(9-11-23)26-24(29)19(15-25)13-18-12-16(2)27(17(18)3)21-6-5-7-22(14-21)28(30)31/h5-14H,4H2,1-3H3,(H,26,29)/b19-13-. The number of amides is 1. The number of carbonyl (C=O) groups is 1. The maximum Gasteiger partial charge on any atom is 0.271 e. The number of hydrogen-bond acceptors (Lipinski definition) is 5. The van der Waals surface area contributed by atoms with Gasteiger partial charge in [0.05, 0.1) is 17.2 Å². The summed E-state index contributed by atoms with van der Waals surface area (Å²) >= 11 is 0. The fourth-order valence-corrected chi connectivity index (χ4v) is 3.38. The molecule has 8 heteroatoms. The predicted molar refractivity (Wildman–Crippen MR) is 122 cm³/mol. The molecule has 0 unspecified atom stereocenters. The van der Waals surface area contributed by atoms with Crippen molar-refractivity contribution in [3.8, 4) is 17.5 Å². The normalized spacial score (nSPS) is 11.0. The first-order valence-corrected chi connectivity index (χ1v) is 9.93. The summed E-state index contributed by atoms with van der Waals surface area (Å²) in [6, 6.07) is 17.0. The quantitative estimate of drug-likeness (QED) is 0.247. The summed E-state index contributed by atoms with van der Waals surface area (Å²) in [6.45, 7) is 6.11. The molecule has 1 N–H and O–H groups in total. The average Bonchev–Trinajstić information content (AvgIpc) is 3.06. The third-order valence-corrected chi connectivity index (χ3v) is 4.86. The van der Waals surface area contributed by atoms with Gasteiger partial charge in [0.2, 0.25) is 0 Å². The number of aromatic nitrogens is 1. The highest BCUT2D eigenvalue weighted by Crippen LogP contribution is 2.25. The summed E-state index contributed by atoms with van der Waals surface area (Å²) in [6.07, 6.45) is 1.51. The second-order valence-corrected chi connectivity index (χ2v) is 7.02. The Balaban J connectivity index is 1.88. The molecule has 0 aliphatic carbocycles. The van der Waals surface area contributed by atoms with E-state index in [-0.39, 0.29) is 11.3 Å². The fourth-order valence-electron chi connectivity index (χ4n) is 3.38. The molecule has 2 aromatic carbocycles. The molecular formula is C24H22N4O4. The van der Waals surface area contributed by atoms with Crippen LogP contribution in [0.15, 0.2) is 60.2 Å². The molecule has 0 saturated carbocycles. The molecule has 1 heterocycles. The van der Waals surface area contributed by atoms with Crippen molar-refractivity contribution in [2.24, 2.45) is 0 Å². The molecule has 0 aliphatic heterocycles. The molecule has 0 aliphatic rings. The van der Waals surface area contributed by atoms with E-state index in [0.29, 0.717) is 29.3 Å². The Hall–Kier alpha value is -4.38. The van der Waals surface area contributed by atoms with E-state index in [0.717, 1.165) is 11.4 Å². The number of anilines is 1. The molecule has 0 bridgehead atoms. The third kappa shape index (κ3) is 4.84. The van der Waals surface area contributed by atoms with Crippen molar-refractivity contribution in [1.82, 2.24) is 4.57 Å². The number of nitriles is 1. The maximum atomic E-state index is 12.6. The summed E-state index contributed by atoms with van der Waals surface area (Å²) < 4.78 is 7.23. The Morgan fingerprint density at radius 3 is 2.56 bits per heavy atom. The molecule has 32 heavy (non-hydrogen) atoms. The van der Waals surface area contributed by atoms with E-state index >= 15 is 0 Å². The Labute approximate surface area is 185 Å². The van der Waals surface area contributed by atoms with Crippen LogP contribution in [0.4, 0.5) is 11.4 Å². The van der Waals surface area contributed by atoms with Gasteiger partial charge in [0.15, 0.2) is 0 Å². The summed E-state index contributed by atoms with van der Waals surface area (Å²) in [5, 5.41) is 23.4. The van der Waals surface area contributed by atoms with E-state index in [9.17, 15) is 20.2 Å². The minimum atomic E-state index is -0.531. The van der Waals surface area contributed by atoms with Gasteiger partial charge in [-0.1, -0.05) is 6.07 Å². The van der Waals surface area contributed by atoms with E-state index in [1.54, 1.807) is 36.4 Å². The van der Waals surface area contributed by atoms with Gasteiger partial charge in [-0.25, -0.2) is 0 Å². The summed E-state index contributed by atoms with van der Waals surface area (Å²) in [7, 11) is 0. The Morgan fingerprint density at radius 1 is 1.22 bits per heavy atom. The number of nitrogens with zero attached hydrogens (tertiary/aromatic N) is 3. The Kier molecular flexibility index (Phi) is 6.71. The number of hydrogen-bond donors (Lipinski definition) is 1. The van der Waals surface area contributed by atoms with Gasteiger partial charge in [0, 0.05) is 29.2 Å². The highest BCUT2D eigenvalue weighted by Gasteiger charge is 2.15. The molecule has 0 atom stereocenters. The predicted octanol–water partition coefficient (Wildman–Crippen LogP) is 4.95. The smallest absolute Gasteiger partial charge is 0.271 e. The van der Waals surface area contributed by atoms with Gasteiger partial charge >= 0.3 is 0 Å². The lowest BCUT2D eigenvalue weighted by atomic mass is 10.1. The number of non-ortho nitro benzene ring substituents is 1. The van der Waals surface area contributed by atoms with Gasteiger partial charge < -0.3 is 14.6 Å². The molecule has 0 saturated heterocycles. The zero-order valence-electron chi connectivity index (χ0n) is 18.0. The number of nitro groups is 1. The van der Waals surface area contributed by atoms with Crippen LogP contribution in [0.1, 0.15) is 23.9 Å². The minimum Gasteiger partial charge on any atom is -0.494 e. The van der Waals surface area contributed by atoms with E-state index in [1.165, 1.54) is 18.2 Å². The van der Waals surface area contributed by atoms with Gasteiger partial charge in [-0.15, -0.1) is 0 Å². The molecular weight excluding hydrogens is 408 g/mol. The SMILES string of the molecule is CCOc1ccc(NC(=O)/C(C#N)=C\c2cc(C)n(-c3cccc([N+](=O)[O-])c3)c2C)cc1. The first kappa shape index (κ1) is 22.3. The van der Waals surface area contributed by atoms with E-state index in [1.807, 2.05) is 37.5 Å². The van der Waals surface area contributed by atoms with Crippen LogP contribution in [-0.4, -0.2) is 22.0 Å². The fraction of sp³-hybridized carbons (Fsp3) is 0.167. The molecule has 0 radical (unpaired) electrons. The zero-order chi connectivity index (χ0) is 23.3. The number of ether oxygens (including phenoxy) is 1. The molecule has 162 valence electrons. The molecule has 8 nitrogen and oxygen atoms in total. The number of nitro benzene ring substituents is 1. The first-order valence-electron chi connectivity index (χ1n) is 9.93. The van der Waals surface area contributed by atoms with Crippen molar-refractivity contribution in [1.29, 1.82) is 5.26 Å². The van der Waals surface area contributed by atoms with Gasteiger partial charge in [0.1, 0.15) is 17.4 Å². The molecule has 1 aromatic heterocycles. The lowest BCUT2D eigenvalue weighted by Crippen LogP contribution is -2.13. The number of rotatable bonds is 7. The third-order valence-electron chi connectivity index (χ3n) is 4.86. The van der Waals surface area contributed by atoms with Gasteiger partial charge in [-0.2, -0.15) is 5.26 Å².